The first-order valence-electron chi connectivity index (χ1n) is 8.53. The quantitative estimate of drug-likeness (QED) is 0.331. The zero-order valence-electron chi connectivity index (χ0n) is 15.3. The predicted octanol–water partition coefficient (Wildman–Crippen LogP) is 3.62. The van der Waals surface area contributed by atoms with E-state index in [0.717, 1.165) is 0 Å². The standard InChI is InChI=1S/C18H11Cl3N8O2/c19-11-5-2-1-4-9(11)15-14(24-28-29(15)17-16(22)26-31-27-17)18(30)25-23-8-10-12(20)6-3-7-13(10)21/h1-8H,(H2,22,26)(H,25,30)/b23-8+. The van der Waals surface area contributed by atoms with E-state index in [2.05, 4.69) is 35.8 Å². The van der Waals surface area contributed by atoms with Crippen molar-refractivity contribution in [3.63, 3.8) is 0 Å². The average Bonchev–Trinajstić information content (AvgIpc) is 3.36. The highest BCUT2D eigenvalue weighted by Crippen LogP contribution is 2.31. The Morgan fingerprint density at radius 2 is 1.77 bits per heavy atom. The molecule has 3 N–H and O–H groups in total. The van der Waals surface area contributed by atoms with Crippen LogP contribution in [0.25, 0.3) is 17.1 Å². The van der Waals surface area contributed by atoms with Gasteiger partial charge in [-0.15, -0.1) is 5.10 Å². The van der Waals surface area contributed by atoms with Crippen LogP contribution < -0.4 is 11.2 Å². The summed E-state index contributed by atoms with van der Waals surface area (Å²) in [5.41, 5.74) is 9.18. The number of nitrogens with zero attached hydrogens (tertiary/aromatic N) is 6. The van der Waals surface area contributed by atoms with Gasteiger partial charge in [0.25, 0.3) is 5.91 Å². The van der Waals surface area contributed by atoms with E-state index in [9.17, 15) is 4.79 Å². The topological polar surface area (TPSA) is 137 Å². The number of amides is 1. The molecule has 0 fully saturated rings. The van der Waals surface area contributed by atoms with Crippen LogP contribution >= 0.6 is 34.8 Å². The summed E-state index contributed by atoms with van der Waals surface area (Å²) < 4.78 is 5.84. The van der Waals surface area contributed by atoms with E-state index in [1.165, 1.54) is 10.9 Å². The minimum absolute atomic E-state index is 0.0449. The minimum atomic E-state index is -0.671. The van der Waals surface area contributed by atoms with Crippen molar-refractivity contribution in [2.75, 3.05) is 5.73 Å². The number of rotatable bonds is 5. The van der Waals surface area contributed by atoms with Crippen LogP contribution in [0, 0.1) is 0 Å². The van der Waals surface area contributed by atoms with Crippen LogP contribution in [0.1, 0.15) is 16.1 Å². The number of hydrogen-bond donors (Lipinski definition) is 2. The summed E-state index contributed by atoms with van der Waals surface area (Å²) in [6, 6.07) is 11.8. The monoisotopic (exact) mass is 476 g/mol. The number of benzene rings is 2. The Balaban J connectivity index is 1.72. The van der Waals surface area contributed by atoms with Crippen molar-refractivity contribution in [2.24, 2.45) is 5.10 Å². The highest BCUT2D eigenvalue weighted by Gasteiger charge is 2.26. The summed E-state index contributed by atoms with van der Waals surface area (Å²) in [5.74, 6) is -0.667. The molecule has 0 spiro atoms. The first-order valence-corrected chi connectivity index (χ1v) is 9.67. The van der Waals surface area contributed by atoms with Gasteiger partial charge in [0.15, 0.2) is 5.69 Å². The molecular formula is C18H11Cl3N8O2. The van der Waals surface area contributed by atoms with Gasteiger partial charge in [-0.2, -0.15) is 9.78 Å². The first-order chi connectivity index (χ1) is 15.0. The zero-order chi connectivity index (χ0) is 22.0. The molecule has 0 atom stereocenters. The number of nitrogen functional groups attached to an aromatic ring is 1. The molecule has 0 radical (unpaired) electrons. The molecule has 4 aromatic rings. The summed E-state index contributed by atoms with van der Waals surface area (Å²) >= 11 is 18.5. The lowest BCUT2D eigenvalue weighted by atomic mass is 10.1. The molecule has 0 aliphatic carbocycles. The van der Waals surface area contributed by atoms with Crippen LogP contribution in [0.15, 0.2) is 52.2 Å². The van der Waals surface area contributed by atoms with Crippen molar-refractivity contribution in [1.29, 1.82) is 0 Å². The van der Waals surface area contributed by atoms with E-state index in [-0.39, 0.29) is 23.0 Å². The Kier molecular flexibility index (Phi) is 5.85. The summed E-state index contributed by atoms with van der Waals surface area (Å²) in [4.78, 5) is 12.8. The van der Waals surface area contributed by atoms with Crippen LogP contribution in [-0.4, -0.2) is 37.4 Å². The molecule has 0 saturated carbocycles. The van der Waals surface area contributed by atoms with Gasteiger partial charge < -0.3 is 5.73 Å². The normalized spacial score (nSPS) is 11.2. The molecule has 31 heavy (non-hydrogen) atoms. The Bertz CT molecular complexity index is 1280. The third-order valence-corrected chi connectivity index (χ3v) is 5.06. The molecule has 4 rings (SSSR count). The van der Waals surface area contributed by atoms with Crippen LogP contribution in [0.5, 0.6) is 0 Å². The number of nitrogens with one attached hydrogen (secondary N) is 1. The number of hydrazone groups is 1. The van der Waals surface area contributed by atoms with E-state index < -0.39 is 5.91 Å². The van der Waals surface area contributed by atoms with E-state index in [4.69, 9.17) is 40.5 Å². The van der Waals surface area contributed by atoms with Gasteiger partial charge in [-0.3, -0.25) is 4.79 Å². The SMILES string of the molecule is Nc1nonc1-n1nnc(C(=O)N/N=C/c2c(Cl)cccc2Cl)c1-c1ccccc1Cl. The third-order valence-electron chi connectivity index (χ3n) is 4.07. The van der Waals surface area contributed by atoms with E-state index in [1.54, 1.807) is 42.5 Å². The van der Waals surface area contributed by atoms with Crippen LogP contribution in [0.3, 0.4) is 0 Å². The summed E-state index contributed by atoms with van der Waals surface area (Å²) in [7, 11) is 0. The van der Waals surface area contributed by atoms with E-state index in [1.807, 2.05) is 0 Å². The highest BCUT2D eigenvalue weighted by molar-refractivity contribution is 6.38. The van der Waals surface area contributed by atoms with Crippen LogP contribution in [0.2, 0.25) is 15.1 Å². The molecule has 13 heteroatoms. The average molecular weight is 478 g/mol. The fraction of sp³-hybridized carbons (Fsp3) is 0. The number of nitrogens with two attached hydrogens (primary N) is 1. The van der Waals surface area contributed by atoms with Gasteiger partial charge >= 0.3 is 0 Å². The number of halogens is 3. The fourth-order valence-corrected chi connectivity index (χ4v) is 3.38. The maximum atomic E-state index is 12.8. The van der Waals surface area contributed by atoms with Crippen molar-refractivity contribution in [3.8, 4) is 17.1 Å². The number of anilines is 1. The van der Waals surface area contributed by atoms with Crippen molar-refractivity contribution in [1.82, 2.24) is 30.7 Å². The second kappa shape index (κ2) is 8.72. The number of hydrogen-bond acceptors (Lipinski definition) is 8. The molecule has 2 aromatic heterocycles. The van der Waals surface area contributed by atoms with Crippen molar-refractivity contribution in [3.05, 3.63) is 68.8 Å². The molecule has 0 saturated heterocycles. The Morgan fingerprint density at radius 3 is 2.45 bits per heavy atom. The van der Waals surface area contributed by atoms with Gasteiger partial charge in [0.2, 0.25) is 11.6 Å². The molecule has 0 aliphatic rings. The predicted molar refractivity (Wildman–Crippen MR) is 116 cm³/mol. The number of carbonyl (C=O) groups excluding carboxylic acids is 1. The highest BCUT2D eigenvalue weighted by atomic mass is 35.5. The molecule has 1 amide bonds. The fourth-order valence-electron chi connectivity index (χ4n) is 2.66. The van der Waals surface area contributed by atoms with Gasteiger partial charge in [-0.1, -0.05) is 64.3 Å². The molecular weight excluding hydrogens is 467 g/mol. The Hall–Kier alpha value is -3.47. The van der Waals surface area contributed by atoms with Crippen molar-refractivity contribution >= 4 is 52.7 Å². The Morgan fingerprint density at radius 1 is 1.06 bits per heavy atom. The van der Waals surface area contributed by atoms with Crippen LogP contribution in [-0.2, 0) is 0 Å². The maximum absolute atomic E-state index is 12.8. The second-order valence-electron chi connectivity index (χ2n) is 5.99. The second-order valence-corrected chi connectivity index (χ2v) is 7.21. The molecule has 0 bridgehead atoms. The lowest BCUT2D eigenvalue weighted by Crippen LogP contribution is -2.19. The third kappa shape index (κ3) is 4.08. The molecule has 156 valence electrons. The number of carbonyl (C=O) groups is 1. The zero-order valence-corrected chi connectivity index (χ0v) is 17.6. The molecule has 10 nitrogen and oxygen atoms in total. The van der Waals surface area contributed by atoms with Crippen molar-refractivity contribution in [2.45, 2.75) is 0 Å². The van der Waals surface area contributed by atoms with Gasteiger partial charge in [-0.25, -0.2) is 10.1 Å². The van der Waals surface area contributed by atoms with Gasteiger partial charge in [0.05, 0.1) is 21.3 Å². The molecule has 0 aliphatic heterocycles. The van der Waals surface area contributed by atoms with Gasteiger partial charge in [0.1, 0.15) is 5.69 Å². The van der Waals surface area contributed by atoms with Gasteiger partial charge in [-0.05, 0) is 28.5 Å². The smallest absolute Gasteiger partial charge is 0.294 e. The minimum Gasteiger partial charge on any atom is -0.378 e. The van der Waals surface area contributed by atoms with Crippen LogP contribution in [0.4, 0.5) is 5.82 Å². The first kappa shape index (κ1) is 20.8. The largest absolute Gasteiger partial charge is 0.378 e. The van der Waals surface area contributed by atoms with E-state index in [0.29, 0.717) is 26.2 Å². The van der Waals surface area contributed by atoms with E-state index >= 15 is 0 Å². The molecule has 2 aromatic carbocycles. The molecule has 2 heterocycles. The van der Waals surface area contributed by atoms with Gasteiger partial charge in [0, 0.05) is 11.1 Å². The summed E-state index contributed by atoms with van der Waals surface area (Å²) in [6.07, 6.45) is 1.32. The lowest BCUT2D eigenvalue weighted by Gasteiger charge is -2.07. The Labute approximate surface area is 189 Å². The number of aromatic nitrogens is 5. The summed E-state index contributed by atoms with van der Waals surface area (Å²) in [5, 5.41) is 20.2. The summed E-state index contributed by atoms with van der Waals surface area (Å²) in [6.45, 7) is 0. The maximum Gasteiger partial charge on any atom is 0.294 e. The van der Waals surface area contributed by atoms with Crippen molar-refractivity contribution < 1.29 is 9.42 Å². The lowest BCUT2D eigenvalue weighted by molar-refractivity contribution is 0.0950. The molecule has 0 unspecified atom stereocenters.